The number of piperidine rings is 1. The number of aliphatic hydroxyl groups is 1. The molecular formula is C27H35FN2O2. The summed E-state index contributed by atoms with van der Waals surface area (Å²) in [7, 11) is 0. The van der Waals surface area contributed by atoms with Crippen molar-refractivity contribution in [3.63, 3.8) is 0 Å². The minimum Gasteiger partial charge on any atom is -0.395 e. The van der Waals surface area contributed by atoms with Crippen molar-refractivity contribution in [3.8, 4) is 0 Å². The summed E-state index contributed by atoms with van der Waals surface area (Å²) in [6.07, 6.45) is 5.94. The quantitative estimate of drug-likeness (QED) is 0.619. The average molecular weight is 439 g/mol. The van der Waals surface area contributed by atoms with Crippen LogP contribution in [0, 0.1) is 11.7 Å². The maximum atomic E-state index is 13.2. The number of ketones is 1. The first-order valence-electron chi connectivity index (χ1n) is 12.1. The molecule has 2 aromatic carbocycles. The maximum absolute atomic E-state index is 13.2. The molecule has 0 saturated carbocycles. The Balaban J connectivity index is 1.33. The Morgan fingerprint density at radius 2 is 1.78 bits per heavy atom. The maximum Gasteiger partial charge on any atom is 0.162 e. The molecule has 2 aliphatic rings. The first-order valence-corrected chi connectivity index (χ1v) is 12.1. The topological polar surface area (TPSA) is 43.8 Å². The summed E-state index contributed by atoms with van der Waals surface area (Å²) < 4.78 is 13.2. The van der Waals surface area contributed by atoms with E-state index in [9.17, 15) is 9.18 Å². The van der Waals surface area contributed by atoms with Crippen LogP contribution in [-0.2, 0) is 19.5 Å². The summed E-state index contributed by atoms with van der Waals surface area (Å²) in [6.45, 7) is 5.68. The molecule has 0 bridgehead atoms. The van der Waals surface area contributed by atoms with Crippen LogP contribution in [-0.4, -0.2) is 53.5 Å². The van der Waals surface area contributed by atoms with Crippen LogP contribution < -0.4 is 0 Å². The van der Waals surface area contributed by atoms with Gasteiger partial charge in [0.25, 0.3) is 0 Å². The average Bonchev–Trinajstić information content (AvgIpc) is 3.01. The molecule has 0 radical (unpaired) electrons. The molecule has 0 aliphatic carbocycles. The molecule has 1 saturated heterocycles. The molecule has 5 heteroatoms. The third-order valence-electron chi connectivity index (χ3n) is 7.07. The number of aryl methyl sites for hydroxylation is 1. The molecule has 0 unspecified atom stereocenters. The van der Waals surface area contributed by atoms with E-state index >= 15 is 0 Å². The number of likely N-dealkylation sites (tertiary alicyclic amines) is 1. The van der Waals surface area contributed by atoms with Crippen LogP contribution in [0.15, 0.2) is 42.5 Å². The highest BCUT2D eigenvalue weighted by atomic mass is 19.1. The van der Waals surface area contributed by atoms with E-state index in [1.165, 1.54) is 23.3 Å². The number of carbonyl (C=O) groups excluding carboxylic acids is 1. The molecular weight excluding hydrogens is 403 g/mol. The number of β-amino-alcohol motifs (C(OH)–C–C–N with tert-alkyl or cyclic N) is 1. The molecule has 32 heavy (non-hydrogen) atoms. The number of carbonyl (C=O) groups is 1. The second-order valence-corrected chi connectivity index (χ2v) is 9.39. The Morgan fingerprint density at radius 3 is 2.53 bits per heavy atom. The number of halogens is 1. The fourth-order valence-electron chi connectivity index (χ4n) is 5.11. The number of benzene rings is 2. The predicted octanol–water partition coefficient (Wildman–Crippen LogP) is 4.44. The van der Waals surface area contributed by atoms with Gasteiger partial charge in [0.05, 0.1) is 6.61 Å². The van der Waals surface area contributed by atoms with E-state index in [1.54, 1.807) is 0 Å². The van der Waals surface area contributed by atoms with E-state index < -0.39 is 0 Å². The lowest BCUT2D eigenvalue weighted by atomic mass is 9.90. The smallest absolute Gasteiger partial charge is 0.162 e. The third kappa shape index (κ3) is 6.25. The van der Waals surface area contributed by atoms with Crippen LogP contribution in [0.2, 0.25) is 0 Å². The zero-order valence-electron chi connectivity index (χ0n) is 18.9. The second-order valence-electron chi connectivity index (χ2n) is 9.39. The van der Waals surface area contributed by atoms with Crippen molar-refractivity contribution in [2.75, 3.05) is 32.8 Å². The molecule has 1 N–H and O–H groups in total. The van der Waals surface area contributed by atoms with Gasteiger partial charge in [0, 0.05) is 31.6 Å². The molecule has 2 aromatic rings. The summed E-state index contributed by atoms with van der Waals surface area (Å²) in [6, 6.07) is 13.0. The van der Waals surface area contributed by atoms with Gasteiger partial charge in [0.15, 0.2) is 5.78 Å². The summed E-state index contributed by atoms with van der Waals surface area (Å²) in [5, 5.41) is 9.09. The van der Waals surface area contributed by atoms with Gasteiger partial charge in [-0.25, -0.2) is 4.39 Å². The summed E-state index contributed by atoms with van der Waals surface area (Å²) in [4.78, 5) is 17.6. The van der Waals surface area contributed by atoms with Gasteiger partial charge in [-0.2, -0.15) is 0 Å². The Labute approximate surface area is 191 Å². The number of hydrogen-bond donors (Lipinski definition) is 1. The van der Waals surface area contributed by atoms with Gasteiger partial charge < -0.3 is 10.0 Å². The monoisotopic (exact) mass is 438 g/mol. The summed E-state index contributed by atoms with van der Waals surface area (Å²) >= 11 is 0. The Hall–Kier alpha value is -2.08. The van der Waals surface area contributed by atoms with Gasteiger partial charge in [-0.15, -0.1) is 0 Å². The van der Waals surface area contributed by atoms with Crippen LogP contribution >= 0.6 is 0 Å². The van der Waals surface area contributed by atoms with Crippen LogP contribution in [0.3, 0.4) is 0 Å². The van der Waals surface area contributed by atoms with Crippen LogP contribution in [0.4, 0.5) is 4.39 Å². The van der Waals surface area contributed by atoms with E-state index in [-0.39, 0.29) is 18.2 Å². The number of nitrogens with zero attached hydrogens (tertiary/aromatic N) is 2. The van der Waals surface area contributed by atoms with Crippen LogP contribution in [0.1, 0.15) is 59.2 Å². The number of Topliss-reactive ketones (excluding diaryl/α,β-unsaturated/α-hetero) is 1. The first kappa shape index (κ1) is 23.1. The molecule has 4 nitrogen and oxygen atoms in total. The standard InChI is InChI=1S/C27H35FN2O2/c28-26-8-3-22(4-9-26)19-30-13-1-2-23-6-7-24(18-25(23)20-30)27(32)10-5-21-11-14-29(15-12-21)16-17-31/h3-4,6-9,18,21,31H,1-2,5,10-17,19-20H2. The lowest BCUT2D eigenvalue weighted by Crippen LogP contribution is -2.35. The second kappa shape index (κ2) is 11.2. The van der Waals surface area contributed by atoms with E-state index in [0.29, 0.717) is 12.3 Å². The Bertz CT molecular complexity index is 891. The fourth-order valence-corrected chi connectivity index (χ4v) is 5.11. The number of hydrogen-bond acceptors (Lipinski definition) is 4. The van der Waals surface area contributed by atoms with Gasteiger partial charge >= 0.3 is 0 Å². The lowest BCUT2D eigenvalue weighted by Gasteiger charge is -2.31. The summed E-state index contributed by atoms with van der Waals surface area (Å²) in [5.74, 6) is 0.662. The SMILES string of the molecule is O=C(CCC1CCN(CCO)CC1)c1ccc2c(c1)CN(Cc1ccc(F)cc1)CCC2. The van der Waals surface area contributed by atoms with Gasteiger partial charge in [0.2, 0.25) is 0 Å². The van der Waals surface area contributed by atoms with Gasteiger partial charge in [-0.1, -0.05) is 24.3 Å². The van der Waals surface area contributed by atoms with Crippen molar-refractivity contribution in [1.82, 2.24) is 9.80 Å². The zero-order valence-corrected chi connectivity index (χ0v) is 18.9. The number of fused-ring (bicyclic) bond motifs is 1. The Morgan fingerprint density at radius 1 is 1.00 bits per heavy atom. The largest absolute Gasteiger partial charge is 0.395 e. The minimum atomic E-state index is -0.200. The van der Waals surface area contributed by atoms with E-state index in [4.69, 9.17) is 5.11 Å². The first-order chi connectivity index (χ1) is 15.6. The van der Waals surface area contributed by atoms with Gasteiger partial charge in [0.1, 0.15) is 5.82 Å². The lowest BCUT2D eigenvalue weighted by molar-refractivity contribution is 0.0958. The van der Waals surface area contributed by atoms with Gasteiger partial charge in [-0.3, -0.25) is 9.69 Å². The molecule has 0 aromatic heterocycles. The van der Waals surface area contributed by atoms with Crippen molar-refractivity contribution in [2.24, 2.45) is 5.92 Å². The third-order valence-corrected chi connectivity index (χ3v) is 7.07. The van der Waals surface area contributed by atoms with Crippen molar-refractivity contribution in [1.29, 1.82) is 0 Å². The normalized spacial score (nSPS) is 18.3. The van der Waals surface area contributed by atoms with Crippen molar-refractivity contribution >= 4 is 5.78 Å². The summed E-state index contributed by atoms with van der Waals surface area (Å²) in [5.41, 5.74) is 4.56. The van der Waals surface area contributed by atoms with E-state index in [1.807, 2.05) is 18.2 Å². The molecule has 2 aliphatic heterocycles. The molecule has 2 heterocycles. The predicted molar refractivity (Wildman–Crippen MR) is 125 cm³/mol. The van der Waals surface area contributed by atoms with Crippen LogP contribution in [0.5, 0.6) is 0 Å². The molecule has 172 valence electrons. The van der Waals surface area contributed by atoms with Crippen LogP contribution in [0.25, 0.3) is 0 Å². The molecule has 0 amide bonds. The van der Waals surface area contributed by atoms with Crippen molar-refractivity contribution in [3.05, 3.63) is 70.5 Å². The highest BCUT2D eigenvalue weighted by Gasteiger charge is 2.21. The fraction of sp³-hybridized carbons (Fsp3) is 0.519. The number of rotatable bonds is 8. The molecule has 1 fully saturated rings. The highest BCUT2D eigenvalue weighted by Crippen LogP contribution is 2.25. The number of aliphatic hydroxyl groups excluding tert-OH is 1. The molecule has 0 spiro atoms. The van der Waals surface area contributed by atoms with E-state index in [0.717, 1.165) is 82.5 Å². The molecule has 0 atom stereocenters. The van der Waals surface area contributed by atoms with Crippen molar-refractivity contribution in [2.45, 2.75) is 51.6 Å². The zero-order chi connectivity index (χ0) is 22.3. The minimum absolute atomic E-state index is 0.200. The molecule has 4 rings (SSSR count). The van der Waals surface area contributed by atoms with E-state index in [2.05, 4.69) is 21.9 Å². The Kier molecular flexibility index (Phi) is 8.06. The van der Waals surface area contributed by atoms with Gasteiger partial charge in [-0.05, 0) is 92.5 Å². The van der Waals surface area contributed by atoms with Crippen molar-refractivity contribution < 1.29 is 14.3 Å². The highest BCUT2D eigenvalue weighted by molar-refractivity contribution is 5.96.